The minimum Gasteiger partial charge on any atom is -0.309 e. The van der Waals surface area contributed by atoms with Gasteiger partial charge < -0.3 is 9.13 Å². The normalized spacial score (nSPS) is 12.0. The highest BCUT2D eigenvalue weighted by Gasteiger charge is 2.39. The number of halogens is 6. The van der Waals surface area contributed by atoms with Crippen molar-refractivity contribution in [2.24, 2.45) is 0 Å². The minimum atomic E-state index is -5.01. The lowest BCUT2D eigenvalue weighted by Gasteiger charge is -2.21. The number of hydrogen-bond donors (Lipinski definition) is 0. The summed E-state index contributed by atoms with van der Waals surface area (Å²) in [6.45, 7) is 0. The topological polar surface area (TPSA) is 57.4 Å². The molecule has 2 aromatic heterocycles. The fraction of sp³-hybridized carbons (Fsp3) is 0.0385. The van der Waals surface area contributed by atoms with Crippen LogP contribution in [0.1, 0.15) is 22.3 Å². The zero-order chi connectivity index (χ0) is 42.9. The Balaban J connectivity index is 1.21. The van der Waals surface area contributed by atoms with E-state index in [0.717, 1.165) is 44.8 Å². The summed E-state index contributed by atoms with van der Waals surface area (Å²) in [5.74, 6) is 0. The first-order valence-electron chi connectivity index (χ1n) is 19.4. The van der Waals surface area contributed by atoms with Gasteiger partial charge in [0.2, 0.25) is 0 Å². The smallest absolute Gasteiger partial charge is 0.309 e. The zero-order valence-electron chi connectivity index (χ0n) is 32.2. The Morgan fingerprint density at radius 2 is 0.726 bits per heavy atom. The molecule has 0 amide bonds. The molecule has 0 N–H and O–H groups in total. The molecule has 0 spiro atoms. The van der Waals surface area contributed by atoms with E-state index in [1.54, 1.807) is 45.5 Å². The molecule has 4 nitrogen and oxygen atoms in total. The van der Waals surface area contributed by atoms with Crippen molar-refractivity contribution in [3.8, 4) is 56.9 Å². The highest BCUT2D eigenvalue weighted by molar-refractivity contribution is 6.12. The number of para-hydroxylation sites is 2. The first-order chi connectivity index (χ1) is 29.9. The molecule has 0 atom stereocenters. The van der Waals surface area contributed by atoms with E-state index in [1.165, 1.54) is 24.3 Å². The van der Waals surface area contributed by atoms with Gasteiger partial charge in [-0.3, -0.25) is 0 Å². The van der Waals surface area contributed by atoms with Gasteiger partial charge in [0.05, 0.1) is 56.5 Å². The van der Waals surface area contributed by atoms with Crippen LogP contribution >= 0.6 is 0 Å². The van der Waals surface area contributed by atoms with Crippen molar-refractivity contribution in [1.82, 2.24) is 9.13 Å². The Hall–Kier alpha value is -8.08. The van der Waals surface area contributed by atoms with Crippen LogP contribution in [0.5, 0.6) is 0 Å². The quantitative estimate of drug-likeness (QED) is 0.162. The van der Waals surface area contributed by atoms with Gasteiger partial charge in [-0.15, -0.1) is 0 Å². The summed E-state index contributed by atoms with van der Waals surface area (Å²) in [6, 6.07) is 51.1. The van der Waals surface area contributed by atoms with E-state index in [-0.39, 0.29) is 11.4 Å². The summed E-state index contributed by atoms with van der Waals surface area (Å²) in [5, 5.41) is 22.6. The van der Waals surface area contributed by atoms with E-state index >= 15 is 26.3 Å². The maximum Gasteiger partial charge on any atom is 0.417 e. The highest BCUT2D eigenvalue weighted by Crippen LogP contribution is 2.46. The number of benzene rings is 8. The Morgan fingerprint density at radius 3 is 1.13 bits per heavy atom. The molecule has 10 heteroatoms. The first kappa shape index (κ1) is 38.1. The monoisotopic (exact) mass is 822 g/mol. The van der Waals surface area contributed by atoms with Gasteiger partial charge in [-0.05, 0) is 118 Å². The zero-order valence-corrected chi connectivity index (χ0v) is 32.2. The first-order valence-corrected chi connectivity index (χ1v) is 19.4. The number of aromatic nitrogens is 2. The number of nitriles is 2. The van der Waals surface area contributed by atoms with Gasteiger partial charge in [-0.2, -0.15) is 36.9 Å². The van der Waals surface area contributed by atoms with Crippen LogP contribution in [0, 0.1) is 22.7 Å². The summed E-state index contributed by atoms with van der Waals surface area (Å²) in [4.78, 5) is 0. The highest BCUT2D eigenvalue weighted by atomic mass is 19.4. The van der Waals surface area contributed by atoms with Crippen LogP contribution in [0.15, 0.2) is 170 Å². The van der Waals surface area contributed by atoms with Gasteiger partial charge in [0.15, 0.2) is 0 Å². The second kappa shape index (κ2) is 14.3. The van der Waals surface area contributed by atoms with Crippen LogP contribution < -0.4 is 0 Å². The molecule has 62 heavy (non-hydrogen) atoms. The third-order valence-corrected chi connectivity index (χ3v) is 11.5. The van der Waals surface area contributed by atoms with Gasteiger partial charge in [0.25, 0.3) is 0 Å². The van der Waals surface area contributed by atoms with E-state index in [9.17, 15) is 10.5 Å². The van der Waals surface area contributed by atoms with Gasteiger partial charge in [-0.25, -0.2) is 0 Å². The predicted octanol–water partition coefficient (Wildman–Crippen LogP) is 14.7. The second-order valence-corrected chi connectivity index (χ2v) is 14.9. The summed E-state index contributed by atoms with van der Waals surface area (Å²) in [7, 11) is 0. The molecule has 10 rings (SSSR count). The summed E-state index contributed by atoms with van der Waals surface area (Å²) in [5.41, 5.74) is 3.10. The molecule has 0 radical (unpaired) electrons. The molecule has 0 bridgehead atoms. The lowest BCUT2D eigenvalue weighted by atomic mass is 9.93. The third-order valence-electron chi connectivity index (χ3n) is 11.5. The molecule has 0 unspecified atom stereocenters. The molecule has 0 saturated carbocycles. The number of alkyl halides is 6. The lowest BCUT2D eigenvalue weighted by Crippen LogP contribution is -2.12. The van der Waals surface area contributed by atoms with Gasteiger partial charge in [0, 0.05) is 32.9 Å². The van der Waals surface area contributed by atoms with Crippen molar-refractivity contribution in [3.63, 3.8) is 0 Å². The van der Waals surface area contributed by atoms with E-state index < -0.39 is 34.6 Å². The molecule has 298 valence electrons. The Bertz CT molecular complexity index is 3300. The van der Waals surface area contributed by atoms with Gasteiger partial charge >= 0.3 is 12.4 Å². The van der Waals surface area contributed by atoms with Crippen molar-refractivity contribution < 1.29 is 26.3 Å². The largest absolute Gasteiger partial charge is 0.417 e. The van der Waals surface area contributed by atoms with Crippen LogP contribution in [0.2, 0.25) is 0 Å². The number of nitrogens with zero attached hydrogens (tertiary/aromatic N) is 4. The molecule has 0 fully saturated rings. The Morgan fingerprint density at radius 1 is 0.355 bits per heavy atom. The Labute approximate surface area is 350 Å². The number of rotatable bonds is 5. The van der Waals surface area contributed by atoms with Crippen LogP contribution in [0.4, 0.5) is 26.3 Å². The second-order valence-electron chi connectivity index (χ2n) is 14.9. The maximum absolute atomic E-state index is 15.1. The van der Waals surface area contributed by atoms with Crippen molar-refractivity contribution >= 4 is 43.6 Å². The molecule has 2 heterocycles. The maximum atomic E-state index is 15.1. The fourth-order valence-electron chi connectivity index (χ4n) is 8.78. The van der Waals surface area contributed by atoms with Crippen molar-refractivity contribution in [3.05, 3.63) is 192 Å². The SMILES string of the molecule is N#Cc1ccccc1-c1ccc2c(c1)c1ccccc1n2-c1ccc(C(F)(F)F)c(-c2cc(-n3c4ccccc4c4cc(-c5ccccc5C#N)ccc43)ccc2C(F)(F)F)c1. The van der Waals surface area contributed by atoms with E-state index in [2.05, 4.69) is 12.1 Å². The predicted molar refractivity (Wildman–Crippen MR) is 231 cm³/mol. The van der Waals surface area contributed by atoms with Crippen molar-refractivity contribution in [2.45, 2.75) is 12.4 Å². The van der Waals surface area contributed by atoms with Crippen molar-refractivity contribution in [2.75, 3.05) is 0 Å². The molecule has 0 aliphatic carbocycles. The molecule has 10 aromatic rings. The fourth-order valence-corrected chi connectivity index (χ4v) is 8.78. The van der Waals surface area contributed by atoms with Crippen molar-refractivity contribution in [1.29, 1.82) is 10.5 Å². The van der Waals surface area contributed by atoms with Crippen LogP contribution in [-0.4, -0.2) is 9.13 Å². The average Bonchev–Trinajstić information content (AvgIpc) is 3.80. The minimum absolute atomic E-state index is 0.227. The van der Waals surface area contributed by atoms with E-state index in [4.69, 9.17) is 0 Å². The number of fused-ring (bicyclic) bond motifs is 6. The van der Waals surface area contributed by atoms with E-state index in [0.29, 0.717) is 44.3 Å². The van der Waals surface area contributed by atoms with Crippen LogP contribution in [0.3, 0.4) is 0 Å². The molecule has 8 aromatic carbocycles. The molecule has 0 aliphatic heterocycles. The average molecular weight is 823 g/mol. The van der Waals surface area contributed by atoms with Gasteiger partial charge in [0.1, 0.15) is 0 Å². The molecule has 0 saturated heterocycles. The summed E-state index contributed by atoms with van der Waals surface area (Å²) in [6.07, 6.45) is -10.0. The summed E-state index contributed by atoms with van der Waals surface area (Å²) < 4.78 is 94.1. The third kappa shape index (κ3) is 6.15. The molecular weight excluding hydrogens is 795 g/mol. The molecule has 0 aliphatic rings. The standard InChI is InChI=1S/C52H28F6N4/c53-51(54,55)45-21-19-35(61-47-15-7-5-13-39(47)43-25-31(17-23-49(43)61)37-11-3-1-9-33(37)29-59)27-41(45)42-28-36(20-22-46(42)52(56,57)58)62-48-16-8-6-14-40(48)44-26-32(18-24-50(44)62)38-12-4-2-10-34(38)30-60/h1-28H. The summed E-state index contributed by atoms with van der Waals surface area (Å²) >= 11 is 0. The van der Waals surface area contributed by atoms with Gasteiger partial charge in [-0.1, -0.05) is 84.9 Å². The Kier molecular flexibility index (Phi) is 8.79. The van der Waals surface area contributed by atoms with E-state index in [1.807, 2.05) is 97.1 Å². The van der Waals surface area contributed by atoms with Crippen LogP contribution in [-0.2, 0) is 12.4 Å². The molecular formula is C52H28F6N4. The van der Waals surface area contributed by atoms with Crippen LogP contribution in [0.25, 0.3) is 88.4 Å². The number of hydrogen-bond acceptors (Lipinski definition) is 2. The lowest BCUT2D eigenvalue weighted by molar-refractivity contribution is -0.139.